The van der Waals surface area contributed by atoms with Gasteiger partial charge in [-0.05, 0) is 24.4 Å². The van der Waals surface area contributed by atoms with E-state index in [0.29, 0.717) is 19.0 Å². The number of thiazole rings is 1. The minimum absolute atomic E-state index is 0.412. The van der Waals surface area contributed by atoms with Crippen LogP contribution in [0.15, 0.2) is 35.8 Å². The number of ether oxygens (including phenoxy) is 1. The van der Waals surface area contributed by atoms with Crippen LogP contribution in [-0.2, 0) is 13.0 Å². The lowest BCUT2D eigenvalue weighted by Gasteiger charge is -2.10. The van der Waals surface area contributed by atoms with Crippen LogP contribution in [0, 0.1) is 6.92 Å². The van der Waals surface area contributed by atoms with E-state index in [4.69, 9.17) is 10.5 Å². The highest BCUT2D eigenvalue weighted by Crippen LogP contribution is 2.24. The zero-order chi connectivity index (χ0) is 14.7. The molecule has 0 radical (unpaired) electrons. The van der Waals surface area contributed by atoms with Gasteiger partial charge in [0.2, 0.25) is 5.88 Å². The van der Waals surface area contributed by atoms with E-state index in [-0.39, 0.29) is 0 Å². The van der Waals surface area contributed by atoms with Gasteiger partial charge in [-0.1, -0.05) is 18.2 Å². The van der Waals surface area contributed by atoms with Gasteiger partial charge >= 0.3 is 0 Å². The van der Waals surface area contributed by atoms with E-state index in [1.807, 2.05) is 36.7 Å². The second kappa shape index (κ2) is 6.20. The van der Waals surface area contributed by atoms with Gasteiger partial charge in [-0.25, -0.2) is 9.97 Å². The SMILES string of the molecule is Cc1ncsc1CCOc1nc(CN)cc2ccccc12. The molecule has 21 heavy (non-hydrogen) atoms. The molecule has 0 aliphatic heterocycles. The summed E-state index contributed by atoms with van der Waals surface area (Å²) in [7, 11) is 0. The summed E-state index contributed by atoms with van der Waals surface area (Å²) in [6.07, 6.45) is 0.847. The van der Waals surface area contributed by atoms with Crippen molar-refractivity contribution in [2.45, 2.75) is 19.9 Å². The smallest absolute Gasteiger partial charge is 0.221 e. The Labute approximate surface area is 127 Å². The van der Waals surface area contributed by atoms with Crippen molar-refractivity contribution < 1.29 is 4.74 Å². The lowest BCUT2D eigenvalue weighted by Crippen LogP contribution is -2.06. The molecule has 0 unspecified atom stereocenters. The van der Waals surface area contributed by atoms with Gasteiger partial charge in [-0.2, -0.15) is 0 Å². The molecule has 4 nitrogen and oxygen atoms in total. The molecule has 3 rings (SSSR count). The van der Waals surface area contributed by atoms with Crippen molar-refractivity contribution >= 4 is 22.1 Å². The molecule has 2 aromatic heterocycles. The Balaban J connectivity index is 1.81. The van der Waals surface area contributed by atoms with Crippen LogP contribution in [0.25, 0.3) is 10.8 Å². The molecule has 108 valence electrons. The first-order valence-electron chi connectivity index (χ1n) is 6.88. The molecule has 2 heterocycles. The average Bonchev–Trinajstić information content (AvgIpc) is 2.92. The van der Waals surface area contributed by atoms with Crippen LogP contribution in [-0.4, -0.2) is 16.6 Å². The summed E-state index contributed by atoms with van der Waals surface area (Å²) < 4.78 is 5.90. The van der Waals surface area contributed by atoms with E-state index in [1.54, 1.807) is 11.3 Å². The molecule has 0 saturated carbocycles. The van der Waals surface area contributed by atoms with Crippen molar-refractivity contribution in [2.24, 2.45) is 5.73 Å². The number of hydrogen-bond acceptors (Lipinski definition) is 5. The maximum Gasteiger partial charge on any atom is 0.221 e. The van der Waals surface area contributed by atoms with Gasteiger partial charge in [0.1, 0.15) is 0 Å². The summed E-state index contributed by atoms with van der Waals surface area (Å²) in [4.78, 5) is 10.0. The number of benzene rings is 1. The van der Waals surface area contributed by atoms with Crippen molar-refractivity contribution in [3.8, 4) is 5.88 Å². The molecule has 0 atom stereocenters. The largest absolute Gasteiger partial charge is 0.477 e. The maximum absolute atomic E-state index is 5.90. The number of nitrogens with two attached hydrogens (primary N) is 1. The molecule has 0 fully saturated rings. The van der Waals surface area contributed by atoms with Crippen LogP contribution in [0.1, 0.15) is 16.3 Å². The monoisotopic (exact) mass is 299 g/mol. The first-order valence-corrected chi connectivity index (χ1v) is 7.76. The zero-order valence-corrected chi connectivity index (χ0v) is 12.7. The van der Waals surface area contributed by atoms with Crippen LogP contribution in [0.3, 0.4) is 0 Å². The minimum Gasteiger partial charge on any atom is -0.477 e. The van der Waals surface area contributed by atoms with Crippen molar-refractivity contribution in [2.75, 3.05) is 6.61 Å². The van der Waals surface area contributed by atoms with Crippen molar-refractivity contribution in [3.63, 3.8) is 0 Å². The Kier molecular flexibility index (Phi) is 4.13. The molecule has 0 bridgehead atoms. The normalized spacial score (nSPS) is 11.0. The Morgan fingerprint density at radius 2 is 2.14 bits per heavy atom. The number of aryl methyl sites for hydroxylation is 1. The number of hydrogen-bond donors (Lipinski definition) is 1. The van der Waals surface area contributed by atoms with Crippen molar-refractivity contribution in [1.82, 2.24) is 9.97 Å². The highest BCUT2D eigenvalue weighted by molar-refractivity contribution is 7.09. The third-order valence-corrected chi connectivity index (χ3v) is 4.38. The number of pyridine rings is 1. The number of nitrogens with zero attached hydrogens (tertiary/aromatic N) is 2. The first kappa shape index (κ1) is 14.0. The maximum atomic E-state index is 5.90. The van der Waals surface area contributed by atoms with Crippen LogP contribution in [0.4, 0.5) is 0 Å². The second-order valence-corrected chi connectivity index (χ2v) is 5.74. The van der Waals surface area contributed by atoms with E-state index >= 15 is 0 Å². The van der Waals surface area contributed by atoms with Crippen LogP contribution in [0.2, 0.25) is 0 Å². The first-order chi connectivity index (χ1) is 10.3. The second-order valence-electron chi connectivity index (χ2n) is 4.80. The molecule has 0 aliphatic rings. The predicted molar refractivity (Wildman–Crippen MR) is 85.7 cm³/mol. The summed E-state index contributed by atoms with van der Waals surface area (Å²) >= 11 is 1.66. The molecular weight excluding hydrogens is 282 g/mol. The lowest BCUT2D eigenvalue weighted by molar-refractivity contribution is 0.313. The van der Waals surface area contributed by atoms with Gasteiger partial charge in [0.25, 0.3) is 0 Å². The standard InChI is InChI=1S/C16H17N3OS/c1-11-15(21-10-18-11)6-7-20-16-14-5-3-2-4-12(14)8-13(9-17)19-16/h2-5,8,10H,6-7,9,17H2,1H3. The van der Waals surface area contributed by atoms with Gasteiger partial charge in [0.15, 0.2) is 0 Å². The molecule has 0 spiro atoms. The van der Waals surface area contributed by atoms with Gasteiger partial charge < -0.3 is 10.5 Å². The summed E-state index contributed by atoms with van der Waals surface area (Å²) in [6.45, 7) is 3.03. The fraction of sp³-hybridized carbons (Fsp3) is 0.250. The van der Waals surface area contributed by atoms with Gasteiger partial charge in [0, 0.05) is 23.2 Å². The Morgan fingerprint density at radius 3 is 2.90 bits per heavy atom. The fourth-order valence-electron chi connectivity index (χ4n) is 2.24. The minimum atomic E-state index is 0.412. The van der Waals surface area contributed by atoms with Gasteiger partial charge in [0.05, 0.1) is 23.5 Å². The number of rotatable bonds is 5. The molecule has 2 N–H and O–H groups in total. The summed E-state index contributed by atoms with van der Waals surface area (Å²) in [6, 6.07) is 10.1. The molecular formula is C16H17N3OS. The topological polar surface area (TPSA) is 61.0 Å². The highest BCUT2D eigenvalue weighted by atomic mass is 32.1. The van der Waals surface area contributed by atoms with E-state index in [2.05, 4.69) is 16.0 Å². The quantitative estimate of drug-likeness (QED) is 0.786. The van der Waals surface area contributed by atoms with Crippen LogP contribution < -0.4 is 10.5 Å². The van der Waals surface area contributed by atoms with Gasteiger partial charge in [-0.15, -0.1) is 11.3 Å². The molecule has 3 aromatic rings. The number of aromatic nitrogens is 2. The zero-order valence-electron chi connectivity index (χ0n) is 11.9. The predicted octanol–water partition coefficient (Wildman–Crippen LogP) is 3.08. The Morgan fingerprint density at radius 1 is 1.29 bits per heavy atom. The summed E-state index contributed by atoms with van der Waals surface area (Å²) in [5.41, 5.74) is 9.50. The summed E-state index contributed by atoms with van der Waals surface area (Å²) in [5.74, 6) is 0.663. The Hall–Kier alpha value is -1.98. The Bertz CT molecular complexity index is 754. The van der Waals surface area contributed by atoms with E-state index in [9.17, 15) is 0 Å². The van der Waals surface area contributed by atoms with E-state index < -0.39 is 0 Å². The van der Waals surface area contributed by atoms with Crippen LogP contribution in [0.5, 0.6) is 5.88 Å². The van der Waals surface area contributed by atoms with Crippen molar-refractivity contribution in [3.05, 3.63) is 52.1 Å². The van der Waals surface area contributed by atoms with E-state index in [0.717, 1.165) is 28.6 Å². The molecule has 1 aromatic carbocycles. The lowest BCUT2D eigenvalue weighted by atomic mass is 10.1. The van der Waals surface area contributed by atoms with Gasteiger partial charge in [-0.3, -0.25) is 0 Å². The van der Waals surface area contributed by atoms with Crippen LogP contribution >= 0.6 is 11.3 Å². The average molecular weight is 299 g/mol. The number of fused-ring (bicyclic) bond motifs is 1. The van der Waals surface area contributed by atoms with E-state index in [1.165, 1.54) is 4.88 Å². The van der Waals surface area contributed by atoms with Crippen molar-refractivity contribution in [1.29, 1.82) is 0 Å². The molecule has 5 heteroatoms. The molecule has 0 saturated heterocycles. The molecule has 0 amide bonds. The fourth-order valence-corrected chi connectivity index (χ4v) is 3.00. The summed E-state index contributed by atoms with van der Waals surface area (Å²) in [5, 5.41) is 2.13. The third-order valence-electron chi connectivity index (χ3n) is 3.38. The molecule has 0 aliphatic carbocycles. The highest BCUT2D eigenvalue weighted by Gasteiger charge is 2.07. The third kappa shape index (κ3) is 3.04.